The number of alkyl halides is 3. The molecule has 1 unspecified atom stereocenters. The highest BCUT2D eigenvalue weighted by atomic mass is 19.4. The van der Waals surface area contributed by atoms with Crippen LogP contribution in [0.2, 0.25) is 0 Å². The molecule has 0 saturated carbocycles. The number of carbonyl (C=O) groups excluding carboxylic acids is 1. The minimum atomic E-state index is -5.08. The molecule has 0 aliphatic heterocycles. The predicted molar refractivity (Wildman–Crippen MR) is 69.4 cm³/mol. The number of hydrogen-bond donors (Lipinski definition) is 3. The van der Waals surface area contributed by atoms with Crippen molar-refractivity contribution in [2.75, 3.05) is 6.61 Å². The van der Waals surface area contributed by atoms with E-state index in [2.05, 4.69) is 4.99 Å². The van der Waals surface area contributed by atoms with E-state index in [1.165, 1.54) is 0 Å². The van der Waals surface area contributed by atoms with Gasteiger partial charge in [-0.1, -0.05) is 20.3 Å². The number of nitrogens with zero attached hydrogens (tertiary/aromatic N) is 1. The SMILES string of the molecule is CCCOC(=O)C(CCC)N=C(N)N.O=C(O)C(F)(F)F. The number of carbonyl (C=O) groups is 2. The van der Waals surface area contributed by atoms with E-state index in [1.54, 1.807) is 0 Å². The van der Waals surface area contributed by atoms with Gasteiger partial charge in [-0.15, -0.1) is 0 Å². The maximum Gasteiger partial charge on any atom is 0.490 e. The van der Waals surface area contributed by atoms with Gasteiger partial charge in [0, 0.05) is 0 Å². The lowest BCUT2D eigenvalue weighted by molar-refractivity contribution is -0.192. The molecule has 7 nitrogen and oxygen atoms in total. The summed E-state index contributed by atoms with van der Waals surface area (Å²) in [6.07, 6.45) is -2.84. The van der Waals surface area contributed by atoms with E-state index in [-0.39, 0.29) is 11.9 Å². The van der Waals surface area contributed by atoms with Gasteiger partial charge in [0.25, 0.3) is 0 Å². The van der Waals surface area contributed by atoms with Crippen LogP contribution in [0.25, 0.3) is 0 Å². The van der Waals surface area contributed by atoms with Crippen LogP contribution in [0.15, 0.2) is 4.99 Å². The fraction of sp³-hybridized carbons (Fsp3) is 0.727. The minimum Gasteiger partial charge on any atom is -0.475 e. The van der Waals surface area contributed by atoms with Crippen LogP contribution in [0.3, 0.4) is 0 Å². The second-order valence-corrected chi connectivity index (χ2v) is 3.83. The van der Waals surface area contributed by atoms with Crippen molar-refractivity contribution in [3.63, 3.8) is 0 Å². The van der Waals surface area contributed by atoms with Crippen LogP contribution < -0.4 is 11.5 Å². The monoisotopic (exact) mass is 315 g/mol. The Morgan fingerprint density at radius 1 is 1.24 bits per heavy atom. The first kappa shape index (κ1) is 21.3. The summed E-state index contributed by atoms with van der Waals surface area (Å²) in [7, 11) is 0. The van der Waals surface area contributed by atoms with E-state index >= 15 is 0 Å². The largest absolute Gasteiger partial charge is 0.490 e. The molecular weight excluding hydrogens is 295 g/mol. The number of hydrogen-bond acceptors (Lipinski definition) is 4. The first-order valence-electron chi connectivity index (χ1n) is 6.11. The van der Waals surface area contributed by atoms with Crippen molar-refractivity contribution in [3.8, 4) is 0 Å². The smallest absolute Gasteiger partial charge is 0.475 e. The number of carboxylic acid groups (broad SMARTS) is 1. The van der Waals surface area contributed by atoms with Gasteiger partial charge in [0.2, 0.25) is 0 Å². The summed E-state index contributed by atoms with van der Waals surface area (Å²) in [5.74, 6) is -3.17. The van der Waals surface area contributed by atoms with Crippen molar-refractivity contribution in [1.82, 2.24) is 0 Å². The lowest BCUT2D eigenvalue weighted by Crippen LogP contribution is -2.30. The van der Waals surface area contributed by atoms with Crippen LogP contribution in [0, 0.1) is 0 Å². The molecule has 0 heterocycles. The number of esters is 1. The number of rotatable bonds is 6. The van der Waals surface area contributed by atoms with Crippen molar-refractivity contribution in [1.29, 1.82) is 0 Å². The maximum atomic E-state index is 11.4. The summed E-state index contributed by atoms with van der Waals surface area (Å²) in [5, 5.41) is 7.12. The topological polar surface area (TPSA) is 128 Å². The Kier molecular flexibility index (Phi) is 10.9. The summed E-state index contributed by atoms with van der Waals surface area (Å²) in [5.41, 5.74) is 10.4. The Morgan fingerprint density at radius 3 is 2.00 bits per heavy atom. The summed E-state index contributed by atoms with van der Waals surface area (Å²) >= 11 is 0. The average molecular weight is 315 g/mol. The first-order chi connectivity index (χ1) is 9.56. The standard InChI is InChI=1S/C9H19N3O2.C2HF3O2/c1-3-5-7(12-9(10)11)8(13)14-6-4-2;3-2(4,5)1(6)7/h7H,3-6H2,1-2H3,(H4,10,11,12);(H,6,7). The molecule has 0 aromatic heterocycles. The normalized spacial score (nSPS) is 11.7. The van der Waals surface area contributed by atoms with E-state index in [0.29, 0.717) is 13.0 Å². The van der Waals surface area contributed by atoms with E-state index < -0.39 is 18.2 Å². The van der Waals surface area contributed by atoms with Gasteiger partial charge in [0.05, 0.1) is 6.61 Å². The van der Waals surface area contributed by atoms with Crippen LogP contribution in [0.5, 0.6) is 0 Å². The molecule has 0 saturated heterocycles. The maximum absolute atomic E-state index is 11.4. The Balaban J connectivity index is 0. The van der Waals surface area contributed by atoms with E-state index in [1.807, 2.05) is 13.8 Å². The highest BCUT2D eigenvalue weighted by Gasteiger charge is 2.38. The van der Waals surface area contributed by atoms with Gasteiger partial charge < -0.3 is 21.3 Å². The number of guanidine groups is 1. The highest BCUT2D eigenvalue weighted by Crippen LogP contribution is 2.13. The molecule has 0 fully saturated rings. The number of ether oxygens (including phenoxy) is 1. The van der Waals surface area contributed by atoms with E-state index in [9.17, 15) is 18.0 Å². The third kappa shape index (κ3) is 12.8. The predicted octanol–water partition coefficient (Wildman–Crippen LogP) is 1.01. The van der Waals surface area contributed by atoms with Crippen LogP contribution in [-0.2, 0) is 14.3 Å². The molecule has 0 radical (unpaired) electrons. The molecular formula is C11H20F3N3O4. The van der Waals surface area contributed by atoms with E-state index in [4.69, 9.17) is 26.1 Å². The molecule has 1 atom stereocenters. The van der Waals surface area contributed by atoms with Crippen molar-refractivity contribution < 1.29 is 32.6 Å². The second-order valence-electron chi connectivity index (χ2n) is 3.83. The van der Waals surface area contributed by atoms with Gasteiger partial charge >= 0.3 is 18.1 Å². The third-order valence-corrected chi connectivity index (χ3v) is 1.83. The average Bonchev–Trinajstić information content (AvgIpc) is 2.34. The minimum absolute atomic E-state index is 0.0723. The Bertz CT molecular complexity index is 355. The van der Waals surface area contributed by atoms with Gasteiger partial charge in [0.15, 0.2) is 12.0 Å². The molecule has 0 aliphatic rings. The zero-order valence-electron chi connectivity index (χ0n) is 11.8. The zero-order chi connectivity index (χ0) is 17.1. The molecule has 0 amide bonds. The van der Waals surface area contributed by atoms with E-state index in [0.717, 1.165) is 12.8 Å². The van der Waals surface area contributed by atoms with Crippen LogP contribution in [0.4, 0.5) is 13.2 Å². The summed E-state index contributed by atoms with van der Waals surface area (Å²) in [4.78, 5) is 24.1. The summed E-state index contributed by atoms with van der Waals surface area (Å²) in [6.45, 7) is 4.31. The molecule has 0 aromatic carbocycles. The lowest BCUT2D eigenvalue weighted by atomic mass is 10.2. The number of nitrogens with two attached hydrogens (primary N) is 2. The molecule has 124 valence electrons. The molecule has 0 rings (SSSR count). The van der Waals surface area contributed by atoms with Gasteiger partial charge in [-0.05, 0) is 12.8 Å². The molecule has 10 heteroatoms. The Labute approximate surface area is 120 Å². The molecule has 0 aliphatic carbocycles. The molecule has 0 spiro atoms. The third-order valence-electron chi connectivity index (χ3n) is 1.83. The van der Waals surface area contributed by atoms with Gasteiger partial charge in [-0.25, -0.2) is 14.6 Å². The quantitative estimate of drug-likeness (QED) is 0.381. The van der Waals surface area contributed by atoms with Gasteiger partial charge in [-0.2, -0.15) is 13.2 Å². The molecule has 5 N–H and O–H groups in total. The van der Waals surface area contributed by atoms with Crippen molar-refractivity contribution in [2.45, 2.75) is 45.3 Å². The highest BCUT2D eigenvalue weighted by molar-refractivity contribution is 5.82. The summed E-state index contributed by atoms with van der Waals surface area (Å²) in [6, 6.07) is -0.545. The number of aliphatic carboxylic acids is 1. The van der Waals surface area contributed by atoms with Crippen LogP contribution >= 0.6 is 0 Å². The fourth-order valence-electron chi connectivity index (χ4n) is 0.987. The first-order valence-corrected chi connectivity index (χ1v) is 6.11. The molecule has 0 aromatic rings. The number of carboxylic acids is 1. The van der Waals surface area contributed by atoms with Gasteiger partial charge in [0.1, 0.15) is 0 Å². The zero-order valence-corrected chi connectivity index (χ0v) is 11.8. The van der Waals surface area contributed by atoms with Crippen LogP contribution in [0.1, 0.15) is 33.1 Å². The number of halogens is 3. The number of aliphatic imine (C=N–C) groups is 1. The van der Waals surface area contributed by atoms with Crippen LogP contribution in [-0.4, -0.2) is 41.8 Å². The Hall–Kier alpha value is -2.00. The lowest BCUT2D eigenvalue weighted by Gasteiger charge is -2.10. The van der Waals surface area contributed by atoms with Gasteiger partial charge in [-0.3, -0.25) is 0 Å². The second kappa shape index (κ2) is 10.7. The van der Waals surface area contributed by atoms with Crippen molar-refractivity contribution in [3.05, 3.63) is 0 Å². The summed E-state index contributed by atoms with van der Waals surface area (Å²) < 4.78 is 36.7. The van der Waals surface area contributed by atoms with Crippen molar-refractivity contribution >= 4 is 17.9 Å². The molecule has 21 heavy (non-hydrogen) atoms. The van der Waals surface area contributed by atoms with Crippen molar-refractivity contribution in [2.24, 2.45) is 16.5 Å². The Morgan fingerprint density at radius 2 is 1.71 bits per heavy atom. The molecule has 0 bridgehead atoms. The fourth-order valence-corrected chi connectivity index (χ4v) is 0.987.